The van der Waals surface area contributed by atoms with Gasteiger partial charge in [-0.25, -0.2) is 0 Å². The lowest BCUT2D eigenvalue weighted by atomic mass is 10.00. The Morgan fingerprint density at radius 3 is 2.46 bits per heavy atom. The van der Waals surface area contributed by atoms with Crippen LogP contribution in [0.5, 0.6) is 0 Å². The second-order valence-corrected chi connectivity index (χ2v) is 7.98. The molecular weight excluding hydrogens is 395 g/mol. The Morgan fingerprint density at radius 1 is 0.964 bits per heavy atom. The first-order valence-electron chi connectivity index (χ1n) is 10.3. The zero-order valence-electron chi connectivity index (χ0n) is 16.6. The van der Waals surface area contributed by atoms with Crippen molar-refractivity contribution in [3.8, 4) is 0 Å². The van der Waals surface area contributed by atoms with Gasteiger partial charge >= 0.3 is 0 Å². The van der Waals surface area contributed by atoms with Gasteiger partial charge in [-0.3, -0.25) is 14.6 Å². The van der Waals surface area contributed by atoms with Crippen molar-refractivity contribution in [3.63, 3.8) is 0 Å². The molecule has 3 aliphatic rings. The number of carbonyl (C=O) groups excluding carboxylic acids is 1. The zero-order valence-corrected chi connectivity index (χ0v) is 18.2. The Hall–Kier alpha value is -0.850. The number of hydrogen-bond acceptors (Lipinski definition) is 4. The van der Waals surface area contributed by atoms with Crippen LogP contribution in [-0.2, 0) is 11.3 Å². The average Bonchev–Trinajstić information content (AvgIpc) is 3.20. The highest BCUT2D eigenvalue weighted by atomic mass is 35.5. The van der Waals surface area contributed by atoms with Crippen molar-refractivity contribution >= 4 is 30.7 Å². The molecule has 0 saturated carbocycles. The third-order valence-corrected chi connectivity index (χ3v) is 6.27. The van der Waals surface area contributed by atoms with Crippen molar-refractivity contribution in [2.45, 2.75) is 44.3 Å². The van der Waals surface area contributed by atoms with Gasteiger partial charge in [0, 0.05) is 51.9 Å². The highest BCUT2D eigenvalue weighted by Crippen LogP contribution is 2.24. The molecule has 3 heterocycles. The molecule has 3 aliphatic heterocycles. The average molecular weight is 429 g/mol. The fourth-order valence-corrected chi connectivity index (χ4v) is 4.78. The van der Waals surface area contributed by atoms with Crippen molar-refractivity contribution in [3.05, 3.63) is 35.9 Å². The van der Waals surface area contributed by atoms with Crippen LogP contribution in [0.1, 0.15) is 31.2 Å². The molecule has 0 aliphatic carbocycles. The molecule has 7 heteroatoms. The zero-order chi connectivity index (χ0) is 17.8. The maximum Gasteiger partial charge on any atom is 0.239 e. The molecule has 3 saturated heterocycles. The molecule has 5 nitrogen and oxygen atoms in total. The maximum atomic E-state index is 13.3. The molecule has 0 spiro atoms. The molecule has 1 N–H and O–H groups in total. The van der Waals surface area contributed by atoms with Gasteiger partial charge in [0.2, 0.25) is 5.91 Å². The second kappa shape index (κ2) is 11.4. The van der Waals surface area contributed by atoms with Gasteiger partial charge in [0.05, 0.1) is 6.04 Å². The predicted octanol–water partition coefficient (Wildman–Crippen LogP) is 2.39. The number of carbonyl (C=O) groups is 1. The van der Waals surface area contributed by atoms with Crippen LogP contribution >= 0.6 is 24.8 Å². The molecule has 2 atom stereocenters. The minimum absolute atomic E-state index is 0. The molecule has 3 fully saturated rings. The van der Waals surface area contributed by atoms with Crippen LogP contribution in [-0.4, -0.2) is 78.5 Å². The number of nitrogens with one attached hydrogen (secondary N) is 1. The molecule has 1 aromatic carbocycles. The van der Waals surface area contributed by atoms with E-state index in [1.807, 2.05) is 0 Å². The molecule has 0 radical (unpaired) electrons. The highest BCUT2D eigenvalue weighted by Gasteiger charge is 2.36. The van der Waals surface area contributed by atoms with E-state index in [9.17, 15) is 4.79 Å². The molecule has 158 valence electrons. The van der Waals surface area contributed by atoms with Gasteiger partial charge in [0.15, 0.2) is 0 Å². The first-order valence-corrected chi connectivity index (χ1v) is 10.3. The van der Waals surface area contributed by atoms with Crippen LogP contribution in [0.15, 0.2) is 30.3 Å². The van der Waals surface area contributed by atoms with E-state index in [2.05, 4.69) is 50.3 Å². The number of rotatable bonds is 4. The van der Waals surface area contributed by atoms with Crippen molar-refractivity contribution in [1.82, 2.24) is 20.0 Å². The topological polar surface area (TPSA) is 38.8 Å². The van der Waals surface area contributed by atoms with E-state index < -0.39 is 0 Å². The third-order valence-electron chi connectivity index (χ3n) is 6.27. The minimum Gasteiger partial charge on any atom is -0.340 e. The van der Waals surface area contributed by atoms with E-state index in [1.54, 1.807) is 0 Å². The Kier molecular flexibility index (Phi) is 9.51. The SMILES string of the molecule is Cl.Cl.O=C(C1CCCCN1Cc1ccccc1)N1CCC(N2CCNCC2)C1. The summed E-state index contributed by atoms with van der Waals surface area (Å²) in [5.41, 5.74) is 1.31. The summed E-state index contributed by atoms with van der Waals surface area (Å²) in [5.74, 6) is 0.373. The fraction of sp³-hybridized carbons (Fsp3) is 0.667. The van der Waals surface area contributed by atoms with Gasteiger partial charge in [-0.05, 0) is 31.4 Å². The van der Waals surface area contributed by atoms with Crippen LogP contribution in [0, 0.1) is 0 Å². The van der Waals surface area contributed by atoms with E-state index in [4.69, 9.17) is 0 Å². The largest absolute Gasteiger partial charge is 0.340 e. The number of benzene rings is 1. The summed E-state index contributed by atoms with van der Waals surface area (Å²) in [6.45, 7) is 8.20. The van der Waals surface area contributed by atoms with Gasteiger partial charge in [-0.15, -0.1) is 24.8 Å². The number of likely N-dealkylation sites (tertiary alicyclic amines) is 2. The highest BCUT2D eigenvalue weighted by molar-refractivity contribution is 5.85. The first kappa shape index (κ1) is 23.4. The summed E-state index contributed by atoms with van der Waals surface area (Å²) >= 11 is 0. The minimum atomic E-state index is 0. The van der Waals surface area contributed by atoms with Gasteiger partial charge in [-0.1, -0.05) is 36.8 Å². The first-order chi connectivity index (χ1) is 12.8. The summed E-state index contributed by atoms with van der Waals surface area (Å²) in [6.07, 6.45) is 4.54. The number of hydrogen-bond donors (Lipinski definition) is 1. The third kappa shape index (κ3) is 5.61. The smallest absolute Gasteiger partial charge is 0.239 e. The Balaban J connectivity index is 0.00000140. The Morgan fingerprint density at radius 2 is 1.71 bits per heavy atom. The Labute approximate surface area is 181 Å². The standard InChI is InChI=1S/C21H32N4O.2ClH/c26-21(25-13-9-19(17-25)23-14-10-22-11-15-23)20-8-4-5-12-24(20)16-18-6-2-1-3-7-18;;/h1-3,6-7,19-20,22H,4-5,8-17H2;2*1H. The Bertz CT molecular complexity index is 597. The van der Waals surface area contributed by atoms with Crippen LogP contribution in [0.2, 0.25) is 0 Å². The fourth-order valence-electron chi connectivity index (χ4n) is 4.78. The molecule has 28 heavy (non-hydrogen) atoms. The molecule has 0 bridgehead atoms. The van der Waals surface area contributed by atoms with Crippen molar-refractivity contribution < 1.29 is 4.79 Å². The summed E-state index contributed by atoms with van der Waals surface area (Å²) in [6, 6.07) is 11.2. The number of nitrogens with zero attached hydrogens (tertiary/aromatic N) is 3. The lowest BCUT2D eigenvalue weighted by molar-refractivity contribution is -0.137. The van der Waals surface area contributed by atoms with Crippen molar-refractivity contribution in [1.29, 1.82) is 0 Å². The van der Waals surface area contributed by atoms with E-state index in [-0.39, 0.29) is 30.9 Å². The molecule has 1 amide bonds. The molecule has 1 aromatic rings. The van der Waals surface area contributed by atoms with Gasteiger partial charge in [-0.2, -0.15) is 0 Å². The molecule has 0 aromatic heterocycles. The van der Waals surface area contributed by atoms with Gasteiger partial charge < -0.3 is 10.2 Å². The number of piperidine rings is 1. The van der Waals surface area contributed by atoms with Crippen LogP contribution in [0.4, 0.5) is 0 Å². The van der Waals surface area contributed by atoms with Gasteiger partial charge in [0.1, 0.15) is 0 Å². The quantitative estimate of drug-likeness (QED) is 0.798. The molecular formula is C21H34Cl2N4O. The lowest BCUT2D eigenvalue weighted by Crippen LogP contribution is -2.52. The number of piperazine rings is 1. The lowest BCUT2D eigenvalue weighted by Gasteiger charge is -2.37. The van der Waals surface area contributed by atoms with Crippen LogP contribution in [0.3, 0.4) is 0 Å². The molecule has 2 unspecified atom stereocenters. The van der Waals surface area contributed by atoms with E-state index in [1.165, 1.54) is 18.4 Å². The monoisotopic (exact) mass is 428 g/mol. The van der Waals surface area contributed by atoms with Crippen molar-refractivity contribution in [2.75, 3.05) is 45.8 Å². The predicted molar refractivity (Wildman–Crippen MR) is 118 cm³/mol. The summed E-state index contributed by atoms with van der Waals surface area (Å²) < 4.78 is 0. The summed E-state index contributed by atoms with van der Waals surface area (Å²) in [4.78, 5) is 20.4. The molecule has 4 rings (SSSR count). The van der Waals surface area contributed by atoms with E-state index in [0.717, 1.165) is 65.2 Å². The normalized spacial score (nSPS) is 26.4. The number of amides is 1. The van der Waals surface area contributed by atoms with Crippen LogP contribution in [0.25, 0.3) is 0 Å². The van der Waals surface area contributed by atoms with Gasteiger partial charge in [0.25, 0.3) is 0 Å². The summed E-state index contributed by atoms with van der Waals surface area (Å²) in [7, 11) is 0. The van der Waals surface area contributed by atoms with E-state index >= 15 is 0 Å². The van der Waals surface area contributed by atoms with Crippen LogP contribution < -0.4 is 5.32 Å². The van der Waals surface area contributed by atoms with E-state index in [0.29, 0.717) is 11.9 Å². The second-order valence-electron chi connectivity index (χ2n) is 7.98. The maximum absolute atomic E-state index is 13.3. The van der Waals surface area contributed by atoms with Crippen molar-refractivity contribution in [2.24, 2.45) is 0 Å². The number of halogens is 2. The summed E-state index contributed by atoms with van der Waals surface area (Å²) in [5, 5.41) is 3.42.